The number of hydrogen-bond acceptors (Lipinski definition) is 4. The van der Waals surface area contributed by atoms with Crippen LogP contribution in [0.2, 0.25) is 0 Å². The molecule has 0 aliphatic rings. The zero-order valence-corrected chi connectivity index (χ0v) is 16.9. The third-order valence-electron chi connectivity index (χ3n) is 4.24. The number of aryl methyl sites for hydroxylation is 1. The summed E-state index contributed by atoms with van der Waals surface area (Å²) in [6, 6.07) is 27.3. The van der Waals surface area contributed by atoms with Gasteiger partial charge < -0.3 is 10.6 Å². The molecular formula is C24H21N3OS. The quantitative estimate of drug-likeness (QED) is 0.386. The van der Waals surface area contributed by atoms with Gasteiger partial charge in [-0.2, -0.15) is 5.26 Å². The summed E-state index contributed by atoms with van der Waals surface area (Å²) in [5, 5.41) is 15.4. The monoisotopic (exact) mass is 399 g/mol. The topological polar surface area (TPSA) is 64.9 Å². The van der Waals surface area contributed by atoms with E-state index in [9.17, 15) is 10.1 Å². The second-order valence-corrected chi connectivity index (χ2v) is 7.31. The van der Waals surface area contributed by atoms with Gasteiger partial charge in [0, 0.05) is 21.7 Å². The first-order valence-electron chi connectivity index (χ1n) is 9.29. The zero-order chi connectivity index (χ0) is 20.5. The second-order valence-electron chi connectivity index (χ2n) is 6.19. The van der Waals surface area contributed by atoms with E-state index in [-0.39, 0.29) is 5.57 Å². The van der Waals surface area contributed by atoms with Crippen LogP contribution >= 0.6 is 11.8 Å². The van der Waals surface area contributed by atoms with Gasteiger partial charge in [0.15, 0.2) is 0 Å². The number of amides is 1. The summed E-state index contributed by atoms with van der Waals surface area (Å²) in [6.07, 6.45) is 2.31. The Labute approximate surface area is 175 Å². The molecular weight excluding hydrogens is 378 g/mol. The minimum atomic E-state index is -0.449. The Morgan fingerprint density at radius 1 is 0.966 bits per heavy atom. The van der Waals surface area contributed by atoms with Crippen molar-refractivity contribution in [2.75, 3.05) is 10.6 Å². The third-order valence-corrected chi connectivity index (χ3v) is 5.33. The van der Waals surface area contributed by atoms with Gasteiger partial charge in [-0.15, -0.1) is 0 Å². The Kier molecular flexibility index (Phi) is 7.10. The standard InChI is InChI=1S/C24H21N3OS/c1-2-18-10-6-7-13-21(18)26-17-19(16-25)24(28)27-22-14-8-9-15-23(22)29-20-11-4-3-5-12-20/h3-15,17,26H,2H2,1H3,(H,27,28)/b19-17-. The van der Waals surface area contributed by atoms with Crippen molar-refractivity contribution in [3.05, 3.63) is 96.2 Å². The molecule has 0 unspecified atom stereocenters. The molecule has 3 aromatic carbocycles. The molecule has 0 aliphatic heterocycles. The summed E-state index contributed by atoms with van der Waals surface area (Å²) in [5.74, 6) is -0.449. The number of nitrogens with one attached hydrogen (secondary N) is 2. The minimum absolute atomic E-state index is 0.00965. The Balaban J connectivity index is 1.76. The summed E-state index contributed by atoms with van der Waals surface area (Å²) in [5.41, 5.74) is 2.68. The fraction of sp³-hybridized carbons (Fsp3) is 0.0833. The van der Waals surface area contributed by atoms with Crippen LogP contribution in [0.3, 0.4) is 0 Å². The van der Waals surface area contributed by atoms with Crippen molar-refractivity contribution in [2.45, 2.75) is 23.1 Å². The molecule has 1 amide bonds. The number of carbonyl (C=O) groups is 1. The maximum Gasteiger partial charge on any atom is 0.267 e. The molecule has 0 heterocycles. The third kappa shape index (κ3) is 5.50. The largest absolute Gasteiger partial charge is 0.360 e. The normalized spacial score (nSPS) is 10.8. The first-order valence-corrected chi connectivity index (χ1v) is 10.1. The van der Waals surface area contributed by atoms with Crippen LogP contribution in [0.4, 0.5) is 11.4 Å². The molecule has 0 atom stereocenters. The van der Waals surface area contributed by atoms with Crippen molar-refractivity contribution in [3.63, 3.8) is 0 Å². The van der Waals surface area contributed by atoms with Crippen molar-refractivity contribution in [2.24, 2.45) is 0 Å². The fourth-order valence-electron chi connectivity index (χ4n) is 2.73. The maximum atomic E-state index is 12.7. The van der Waals surface area contributed by atoms with E-state index in [1.807, 2.05) is 84.9 Å². The summed E-state index contributed by atoms with van der Waals surface area (Å²) >= 11 is 1.56. The molecule has 0 bridgehead atoms. The highest BCUT2D eigenvalue weighted by Crippen LogP contribution is 2.33. The molecule has 2 N–H and O–H groups in total. The highest BCUT2D eigenvalue weighted by atomic mass is 32.2. The van der Waals surface area contributed by atoms with E-state index in [0.29, 0.717) is 5.69 Å². The first-order chi connectivity index (χ1) is 14.2. The van der Waals surface area contributed by atoms with E-state index in [1.165, 1.54) is 6.20 Å². The van der Waals surface area contributed by atoms with Gasteiger partial charge in [-0.1, -0.05) is 67.2 Å². The smallest absolute Gasteiger partial charge is 0.267 e. The van der Waals surface area contributed by atoms with Crippen LogP contribution in [0.25, 0.3) is 0 Å². The molecule has 0 saturated heterocycles. The number of para-hydroxylation sites is 2. The van der Waals surface area contributed by atoms with Crippen molar-refractivity contribution < 1.29 is 4.79 Å². The lowest BCUT2D eigenvalue weighted by atomic mass is 10.1. The number of carbonyl (C=O) groups excluding carboxylic acids is 1. The predicted molar refractivity (Wildman–Crippen MR) is 119 cm³/mol. The van der Waals surface area contributed by atoms with E-state index < -0.39 is 5.91 Å². The molecule has 0 radical (unpaired) electrons. The van der Waals surface area contributed by atoms with E-state index in [0.717, 1.165) is 27.5 Å². The molecule has 3 aromatic rings. The second kappa shape index (κ2) is 10.2. The summed E-state index contributed by atoms with van der Waals surface area (Å²) in [4.78, 5) is 14.7. The van der Waals surface area contributed by atoms with Crippen LogP contribution < -0.4 is 10.6 Å². The number of anilines is 2. The number of nitriles is 1. The van der Waals surface area contributed by atoms with Crippen LogP contribution in [0, 0.1) is 11.3 Å². The van der Waals surface area contributed by atoms with Gasteiger partial charge in [-0.3, -0.25) is 4.79 Å². The SMILES string of the molecule is CCc1ccccc1N/C=C(/C#N)C(=O)Nc1ccccc1Sc1ccccc1. The van der Waals surface area contributed by atoms with Crippen LogP contribution in [0.15, 0.2) is 100 Å². The number of nitrogens with zero attached hydrogens (tertiary/aromatic N) is 1. The molecule has 5 heteroatoms. The minimum Gasteiger partial charge on any atom is -0.360 e. The summed E-state index contributed by atoms with van der Waals surface area (Å²) in [6.45, 7) is 2.06. The van der Waals surface area contributed by atoms with Gasteiger partial charge in [-0.05, 0) is 42.3 Å². The Morgan fingerprint density at radius 2 is 1.62 bits per heavy atom. The Hall–Kier alpha value is -3.49. The first kappa shape index (κ1) is 20.2. The molecule has 144 valence electrons. The van der Waals surface area contributed by atoms with Gasteiger partial charge in [0.1, 0.15) is 11.6 Å². The highest BCUT2D eigenvalue weighted by molar-refractivity contribution is 7.99. The molecule has 0 spiro atoms. The van der Waals surface area contributed by atoms with Crippen LogP contribution in [-0.4, -0.2) is 5.91 Å². The maximum absolute atomic E-state index is 12.7. The van der Waals surface area contributed by atoms with Gasteiger partial charge in [0.25, 0.3) is 5.91 Å². The summed E-state index contributed by atoms with van der Waals surface area (Å²) in [7, 11) is 0. The van der Waals surface area contributed by atoms with Gasteiger partial charge in [0.2, 0.25) is 0 Å². The average Bonchev–Trinajstić information content (AvgIpc) is 2.76. The Morgan fingerprint density at radius 3 is 2.34 bits per heavy atom. The van der Waals surface area contributed by atoms with Crippen molar-refractivity contribution in [3.8, 4) is 6.07 Å². The van der Waals surface area contributed by atoms with Crippen LogP contribution in [-0.2, 0) is 11.2 Å². The number of rotatable bonds is 7. The van der Waals surface area contributed by atoms with Gasteiger partial charge in [-0.25, -0.2) is 0 Å². The molecule has 0 aromatic heterocycles. The predicted octanol–water partition coefficient (Wildman–Crippen LogP) is 5.86. The van der Waals surface area contributed by atoms with Crippen molar-refractivity contribution in [1.82, 2.24) is 0 Å². The molecule has 0 fully saturated rings. The molecule has 0 aliphatic carbocycles. The number of benzene rings is 3. The van der Waals surface area contributed by atoms with E-state index in [2.05, 4.69) is 17.6 Å². The molecule has 29 heavy (non-hydrogen) atoms. The van der Waals surface area contributed by atoms with Crippen LogP contribution in [0.1, 0.15) is 12.5 Å². The van der Waals surface area contributed by atoms with Crippen LogP contribution in [0.5, 0.6) is 0 Å². The van der Waals surface area contributed by atoms with Crippen molar-refractivity contribution in [1.29, 1.82) is 5.26 Å². The molecule has 0 saturated carbocycles. The zero-order valence-electron chi connectivity index (χ0n) is 16.1. The lowest BCUT2D eigenvalue weighted by molar-refractivity contribution is -0.112. The van der Waals surface area contributed by atoms with Gasteiger partial charge >= 0.3 is 0 Å². The average molecular weight is 400 g/mol. The molecule has 4 nitrogen and oxygen atoms in total. The molecule has 3 rings (SSSR count). The summed E-state index contributed by atoms with van der Waals surface area (Å²) < 4.78 is 0. The van der Waals surface area contributed by atoms with Gasteiger partial charge in [0.05, 0.1) is 5.69 Å². The Bertz CT molecular complexity index is 1050. The number of hydrogen-bond donors (Lipinski definition) is 2. The lowest BCUT2D eigenvalue weighted by Crippen LogP contribution is -2.15. The fourth-order valence-corrected chi connectivity index (χ4v) is 3.65. The lowest BCUT2D eigenvalue weighted by Gasteiger charge is -2.11. The van der Waals surface area contributed by atoms with Crippen molar-refractivity contribution >= 4 is 29.0 Å². The van der Waals surface area contributed by atoms with E-state index in [4.69, 9.17) is 0 Å². The highest BCUT2D eigenvalue weighted by Gasteiger charge is 2.12. The van der Waals surface area contributed by atoms with E-state index in [1.54, 1.807) is 11.8 Å². The van der Waals surface area contributed by atoms with E-state index >= 15 is 0 Å².